The van der Waals surface area contributed by atoms with Gasteiger partial charge in [-0.1, -0.05) is 13.3 Å². The van der Waals surface area contributed by atoms with Crippen LogP contribution >= 0.6 is 11.3 Å². The number of carbonyl (C=O) groups excluding carboxylic acids is 2. The highest BCUT2D eigenvalue weighted by Gasteiger charge is 2.27. The number of fused-ring (bicyclic) bond motifs is 1. The van der Waals surface area contributed by atoms with Gasteiger partial charge in [0.2, 0.25) is 5.75 Å². The van der Waals surface area contributed by atoms with Gasteiger partial charge in [-0.05, 0) is 70.6 Å². The van der Waals surface area contributed by atoms with Crippen LogP contribution in [0.15, 0.2) is 12.1 Å². The van der Waals surface area contributed by atoms with Crippen molar-refractivity contribution in [1.82, 2.24) is 0 Å². The minimum Gasteiger partial charge on any atom is -0.490 e. The standard InChI is InChI=1S/C26H35NO6S/c1-5-14-33-26(29)22-18-12-10-9-11-13-21(18)34-25(22)27-24(28)17-15-19(30-6-2)23(32-8-4)20(16-17)31-7-3/h15-16H,5-14H2,1-4H3,(H,27,28). The second-order valence-corrected chi connectivity index (χ2v) is 9.06. The van der Waals surface area contributed by atoms with Gasteiger partial charge in [0, 0.05) is 10.4 Å². The van der Waals surface area contributed by atoms with Gasteiger partial charge in [0.1, 0.15) is 5.00 Å². The number of nitrogens with one attached hydrogen (secondary N) is 1. The molecule has 3 rings (SSSR count). The van der Waals surface area contributed by atoms with Gasteiger partial charge in [-0.25, -0.2) is 4.79 Å². The van der Waals surface area contributed by atoms with Crippen LogP contribution in [0.5, 0.6) is 17.2 Å². The lowest BCUT2D eigenvalue weighted by atomic mass is 10.1. The average Bonchev–Trinajstić information content (AvgIpc) is 2.99. The Bertz CT molecular complexity index is 972. The van der Waals surface area contributed by atoms with Crippen molar-refractivity contribution in [2.75, 3.05) is 31.7 Å². The predicted molar refractivity (Wildman–Crippen MR) is 134 cm³/mol. The van der Waals surface area contributed by atoms with E-state index in [1.807, 2.05) is 27.7 Å². The summed E-state index contributed by atoms with van der Waals surface area (Å²) in [5, 5.41) is 3.52. The van der Waals surface area contributed by atoms with Gasteiger partial charge in [0.15, 0.2) is 11.5 Å². The van der Waals surface area contributed by atoms with E-state index < -0.39 is 0 Å². The highest BCUT2D eigenvalue weighted by Crippen LogP contribution is 2.41. The van der Waals surface area contributed by atoms with Gasteiger partial charge in [0.25, 0.3) is 5.91 Å². The van der Waals surface area contributed by atoms with E-state index in [-0.39, 0.29) is 11.9 Å². The molecule has 0 saturated carbocycles. The molecule has 1 amide bonds. The summed E-state index contributed by atoms with van der Waals surface area (Å²) in [7, 11) is 0. The monoisotopic (exact) mass is 489 g/mol. The van der Waals surface area contributed by atoms with Crippen LogP contribution in [0.25, 0.3) is 0 Å². The fraction of sp³-hybridized carbons (Fsp3) is 0.538. The van der Waals surface area contributed by atoms with E-state index in [0.29, 0.717) is 59.8 Å². The van der Waals surface area contributed by atoms with Crippen molar-refractivity contribution in [2.45, 2.75) is 66.2 Å². The largest absolute Gasteiger partial charge is 0.490 e. The van der Waals surface area contributed by atoms with Crippen LogP contribution < -0.4 is 19.5 Å². The molecule has 186 valence electrons. The van der Waals surface area contributed by atoms with Crippen LogP contribution in [-0.4, -0.2) is 38.3 Å². The summed E-state index contributed by atoms with van der Waals surface area (Å²) in [6, 6.07) is 3.31. The number of esters is 1. The summed E-state index contributed by atoms with van der Waals surface area (Å²) in [6.45, 7) is 9.21. The first-order chi connectivity index (χ1) is 16.5. The van der Waals surface area contributed by atoms with Crippen LogP contribution in [-0.2, 0) is 17.6 Å². The summed E-state index contributed by atoms with van der Waals surface area (Å²) < 4.78 is 22.7. The molecule has 0 aliphatic heterocycles. The van der Waals surface area contributed by atoms with E-state index in [1.165, 1.54) is 11.3 Å². The van der Waals surface area contributed by atoms with Crippen LogP contribution in [0.1, 0.15) is 84.5 Å². The molecule has 0 atom stereocenters. The summed E-state index contributed by atoms with van der Waals surface area (Å²) in [5.74, 6) is 0.670. The fourth-order valence-electron chi connectivity index (χ4n) is 4.01. The average molecular weight is 490 g/mol. The molecule has 34 heavy (non-hydrogen) atoms. The Morgan fingerprint density at radius 1 is 0.912 bits per heavy atom. The lowest BCUT2D eigenvalue weighted by Crippen LogP contribution is -2.16. The maximum Gasteiger partial charge on any atom is 0.341 e. The maximum atomic E-state index is 13.4. The van der Waals surface area contributed by atoms with Crippen molar-refractivity contribution in [1.29, 1.82) is 0 Å². The third-order valence-corrected chi connectivity index (χ3v) is 6.67. The van der Waals surface area contributed by atoms with Crippen molar-refractivity contribution < 1.29 is 28.5 Å². The molecule has 0 bridgehead atoms. The van der Waals surface area contributed by atoms with E-state index in [2.05, 4.69) is 5.32 Å². The van der Waals surface area contributed by atoms with Gasteiger partial charge < -0.3 is 24.3 Å². The Labute approximate surface area is 205 Å². The molecule has 0 radical (unpaired) electrons. The Balaban J connectivity index is 1.98. The third-order valence-electron chi connectivity index (χ3n) is 5.46. The Hall–Kier alpha value is -2.74. The molecular formula is C26H35NO6S. The van der Waals surface area contributed by atoms with Gasteiger partial charge in [-0.2, -0.15) is 0 Å². The van der Waals surface area contributed by atoms with Crippen LogP contribution in [0.3, 0.4) is 0 Å². The molecule has 0 spiro atoms. The summed E-state index contributed by atoms with van der Waals surface area (Å²) in [4.78, 5) is 27.5. The minimum atomic E-state index is -0.367. The molecule has 0 saturated heterocycles. The first-order valence-electron chi connectivity index (χ1n) is 12.2. The van der Waals surface area contributed by atoms with Crippen molar-refractivity contribution in [3.8, 4) is 17.2 Å². The van der Waals surface area contributed by atoms with Crippen LogP contribution in [0.4, 0.5) is 5.00 Å². The summed E-state index contributed by atoms with van der Waals surface area (Å²) in [6.07, 6.45) is 5.73. The minimum absolute atomic E-state index is 0.342. The molecule has 1 aliphatic carbocycles. The second-order valence-electron chi connectivity index (χ2n) is 7.96. The van der Waals surface area contributed by atoms with E-state index in [4.69, 9.17) is 18.9 Å². The van der Waals surface area contributed by atoms with Gasteiger partial charge in [-0.3, -0.25) is 4.79 Å². The Morgan fingerprint density at radius 2 is 1.56 bits per heavy atom. The summed E-state index contributed by atoms with van der Waals surface area (Å²) >= 11 is 1.48. The molecule has 0 unspecified atom stereocenters. The third kappa shape index (κ3) is 6.03. The normalized spacial score (nSPS) is 12.9. The second kappa shape index (κ2) is 12.6. The molecule has 1 heterocycles. The fourth-order valence-corrected chi connectivity index (χ4v) is 5.28. The summed E-state index contributed by atoms with van der Waals surface area (Å²) in [5.41, 5.74) is 1.90. The van der Waals surface area contributed by atoms with Crippen LogP contribution in [0, 0.1) is 0 Å². The first kappa shape index (κ1) is 25.9. The molecule has 1 aromatic heterocycles. The van der Waals surface area contributed by atoms with Gasteiger partial charge in [0.05, 0.1) is 32.0 Å². The number of thiophene rings is 1. The van der Waals surface area contributed by atoms with Crippen molar-refractivity contribution in [3.05, 3.63) is 33.7 Å². The number of rotatable bonds is 11. The van der Waals surface area contributed by atoms with Crippen molar-refractivity contribution in [3.63, 3.8) is 0 Å². The first-order valence-corrected chi connectivity index (χ1v) is 13.0. The Kier molecular flexibility index (Phi) is 9.62. The Morgan fingerprint density at radius 3 is 2.18 bits per heavy atom. The van der Waals surface area contributed by atoms with E-state index >= 15 is 0 Å². The number of hydrogen-bond acceptors (Lipinski definition) is 7. The zero-order valence-corrected chi connectivity index (χ0v) is 21.4. The molecule has 1 N–H and O–H groups in total. The van der Waals surface area contributed by atoms with E-state index in [1.54, 1.807) is 12.1 Å². The topological polar surface area (TPSA) is 83.1 Å². The van der Waals surface area contributed by atoms with E-state index in [9.17, 15) is 9.59 Å². The smallest absolute Gasteiger partial charge is 0.341 e. The molecule has 1 aliphatic rings. The SMILES string of the molecule is CCCOC(=O)c1c(NC(=O)c2cc(OCC)c(OCC)c(OCC)c2)sc2c1CCCCC2. The molecule has 0 fully saturated rings. The lowest BCUT2D eigenvalue weighted by Gasteiger charge is -2.17. The molecule has 2 aromatic rings. The number of ether oxygens (including phenoxy) is 4. The quantitative estimate of drug-likeness (QED) is 0.306. The maximum absolute atomic E-state index is 13.4. The highest BCUT2D eigenvalue weighted by molar-refractivity contribution is 7.17. The van der Waals surface area contributed by atoms with Crippen LogP contribution in [0.2, 0.25) is 0 Å². The number of anilines is 1. The number of benzene rings is 1. The number of aryl methyl sites for hydroxylation is 1. The van der Waals surface area contributed by atoms with E-state index in [0.717, 1.165) is 49.0 Å². The van der Waals surface area contributed by atoms with Gasteiger partial charge >= 0.3 is 5.97 Å². The van der Waals surface area contributed by atoms with Gasteiger partial charge in [-0.15, -0.1) is 11.3 Å². The number of hydrogen-bond donors (Lipinski definition) is 1. The number of carbonyl (C=O) groups is 2. The molecule has 8 heteroatoms. The zero-order chi connectivity index (χ0) is 24.5. The van der Waals surface area contributed by atoms with Crippen molar-refractivity contribution in [2.24, 2.45) is 0 Å². The molecule has 7 nitrogen and oxygen atoms in total. The highest BCUT2D eigenvalue weighted by atomic mass is 32.1. The van der Waals surface area contributed by atoms with Crippen molar-refractivity contribution >= 4 is 28.2 Å². The predicted octanol–water partition coefficient (Wildman–Crippen LogP) is 6.03. The molecular weight excluding hydrogens is 454 g/mol. The molecule has 1 aromatic carbocycles. The number of amides is 1. The lowest BCUT2D eigenvalue weighted by molar-refractivity contribution is 0.0505. The zero-order valence-electron chi connectivity index (χ0n) is 20.6.